The molecule has 0 heterocycles. The molecule has 8 heteroatoms. The average Bonchev–Trinajstić information content (AvgIpc) is 3.02. The summed E-state index contributed by atoms with van der Waals surface area (Å²) in [5.41, 5.74) is 9.31. The Morgan fingerprint density at radius 1 is 0.636 bits per heavy atom. The van der Waals surface area contributed by atoms with E-state index in [0.29, 0.717) is 50.0 Å². The zero-order valence-electron chi connectivity index (χ0n) is 24.8. The van der Waals surface area contributed by atoms with E-state index in [1.54, 1.807) is 0 Å². The van der Waals surface area contributed by atoms with E-state index in [9.17, 15) is 20.1 Å². The predicted octanol–water partition coefficient (Wildman–Crippen LogP) is 7.01. The van der Waals surface area contributed by atoms with Gasteiger partial charge < -0.3 is 19.7 Å². The molecule has 0 fully saturated rings. The summed E-state index contributed by atoms with van der Waals surface area (Å²) in [6.45, 7) is 1.04. The van der Waals surface area contributed by atoms with Gasteiger partial charge in [0.05, 0.1) is 24.3 Å². The van der Waals surface area contributed by atoms with Gasteiger partial charge in [0.2, 0.25) is 0 Å². The van der Waals surface area contributed by atoms with Gasteiger partial charge in [-0.2, -0.15) is 10.5 Å². The van der Waals surface area contributed by atoms with Crippen molar-refractivity contribution in [2.75, 3.05) is 13.2 Å². The molecule has 0 bridgehead atoms. The van der Waals surface area contributed by atoms with E-state index in [4.69, 9.17) is 19.7 Å². The lowest BCUT2D eigenvalue weighted by molar-refractivity contribution is -0.138. The molecule has 2 aliphatic carbocycles. The number of carbonyl (C=O) groups is 2. The highest BCUT2D eigenvalue weighted by molar-refractivity contribution is 5.95. The summed E-state index contributed by atoms with van der Waals surface area (Å²) in [6.07, 6.45) is 7.59. The Balaban J connectivity index is 1.42. The van der Waals surface area contributed by atoms with Gasteiger partial charge in [0, 0.05) is 12.8 Å². The summed E-state index contributed by atoms with van der Waals surface area (Å²) in [7, 11) is 0. The fourth-order valence-corrected chi connectivity index (χ4v) is 6.43. The van der Waals surface area contributed by atoms with Crippen LogP contribution in [0.1, 0.15) is 84.7 Å². The largest absolute Gasteiger partial charge is 0.494 e. The van der Waals surface area contributed by atoms with E-state index in [0.717, 1.165) is 94.5 Å². The standard InChI is InChI=1S/C36H36N2O6/c37-21-31-29-13-9-23-19-25(43-17-5-1-3-7-33(39)40)11-15-27(23)35(29)36-28-16-12-26(44-18-6-2-4-8-34(41)42)20-24(28)10-14-30(36)32(31)22-38/h11-12,15-16,19-20H,1-10,13-14,17-18H2,(H,39,40)(H,41,42). The lowest BCUT2D eigenvalue weighted by Gasteiger charge is -2.31. The van der Waals surface area contributed by atoms with Gasteiger partial charge in [0.1, 0.15) is 23.6 Å². The maximum atomic E-state index is 10.7. The normalized spacial score (nSPS) is 12.5. The lowest BCUT2D eigenvalue weighted by atomic mass is 9.72. The number of benzene rings is 3. The minimum atomic E-state index is -0.775. The van der Waals surface area contributed by atoms with Gasteiger partial charge in [-0.25, -0.2) is 0 Å². The molecule has 0 aromatic heterocycles. The molecule has 0 saturated carbocycles. The first-order valence-electron chi connectivity index (χ1n) is 15.4. The number of carboxylic acids is 2. The van der Waals surface area contributed by atoms with Crippen LogP contribution >= 0.6 is 0 Å². The Morgan fingerprint density at radius 2 is 1.07 bits per heavy atom. The molecule has 44 heavy (non-hydrogen) atoms. The van der Waals surface area contributed by atoms with Crippen molar-refractivity contribution in [3.05, 3.63) is 69.8 Å². The molecule has 2 aliphatic rings. The van der Waals surface area contributed by atoms with Gasteiger partial charge in [0.25, 0.3) is 0 Å². The van der Waals surface area contributed by atoms with E-state index < -0.39 is 11.9 Å². The maximum Gasteiger partial charge on any atom is 0.303 e. The number of carboxylic acid groups (broad SMARTS) is 2. The third-order valence-corrected chi connectivity index (χ3v) is 8.52. The first kappa shape index (κ1) is 30.6. The van der Waals surface area contributed by atoms with Crippen LogP contribution in [0.4, 0.5) is 0 Å². The summed E-state index contributed by atoms with van der Waals surface area (Å²) >= 11 is 0. The number of unbranched alkanes of at least 4 members (excludes halogenated alkanes) is 4. The first-order valence-corrected chi connectivity index (χ1v) is 15.4. The molecule has 0 atom stereocenters. The second kappa shape index (κ2) is 14.1. The van der Waals surface area contributed by atoms with Crippen molar-refractivity contribution in [1.82, 2.24) is 0 Å². The van der Waals surface area contributed by atoms with Gasteiger partial charge >= 0.3 is 11.9 Å². The fraction of sp³-hybridized carbons (Fsp3) is 0.389. The maximum absolute atomic E-state index is 10.7. The van der Waals surface area contributed by atoms with Crippen molar-refractivity contribution in [1.29, 1.82) is 10.5 Å². The third-order valence-electron chi connectivity index (χ3n) is 8.52. The van der Waals surface area contributed by atoms with Crippen LogP contribution in [0.25, 0.3) is 22.3 Å². The summed E-state index contributed by atoms with van der Waals surface area (Å²) in [5, 5.41) is 38.0. The van der Waals surface area contributed by atoms with Crippen molar-refractivity contribution in [2.24, 2.45) is 0 Å². The van der Waals surface area contributed by atoms with Crippen LogP contribution in [0.15, 0.2) is 36.4 Å². The van der Waals surface area contributed by atoms with Crippen molar-refractivity contribution < 1.29 is 29.3 Å². The monoisotopic (exact) mass is 592 g/mol. The molecule has 2 N–H and O–H groups in total. The van der Waals surface area contributed by atoms with E-state index in [-0.39, 0.29) is 12.8 Å². The van der Waals surface area contributed by atoms with Crippen LogP contribution in [0.5, 0.6) is 11.5 Å². The predicted molar refractivity (Wildman–Crippen MR) is 165 cm³/mol. The van der Waals surface area contributed by atoms with E-state index in [2.05, 4.69) is 36.4 Å². The fourth-order valence-electron chi connectivity index (χ4n) is 6.43. The minimum absolute atomic E-state index is 0.175. The number of aryl methyl sites for hydroxylation is 2. The Hall–Kier alpha value is -4.82. The topological polar surface area (TPSA) is 141 Å². The van der Waals surface area contributed by atoms with E-state index in [1.165, 1.54) is 0 Å². The van der Waals surface area contributed by atoms with Gasteiger partial charge in [-0.15, -0.1) is 0 Å². The minimum Gasteiger partial charge on any atom is -0.494 e. The van der Waals surface area contributed by atoms with E-state index in [1.807, 2.05) is 12.1 Å². The van der Waals surface area contributed by atoms with Crippen molar-refractivity contribution in [3.63, 3.8) is 0 Å². The van der Waals surface area contributed by atoms with Crippen molar-refractivity contribution in [3.8, 4) is 45.9 Å². The molecule has 0 radical (unpaired) electrons. The number of fused-ring (bicyclic) bond motifs is 7. The smallest absolute Gasteiger partial charge is 0.303 e. The van der Waals surface area contributed by atoms with E-state index >= 15 is 0 Å². The zero-order valence-corrected chi connectivity index (χ0v) is 24.8. The summed E-state index contributed by atoms with van der Waals surface area (Å²) in [5.74, 6) is 0.00231. The molecule has 0 aliphatic heterocycles. The summed E-state index contributed by atoms with van der Waals surface area (Å²) in [4.78, 5) is 21.4. The molecule has 0 amide bonds. The Bertz CT molecular complexity index is 1540. The Kier molecular flexibility index (Phi) is 9.82. The van der Waals surface area contributed by atoms with Crippen LogP contribution in [0.3, 0.4) is 0 Å². The molecule has 5 rings (SSSR count). The number of nitrogens with zero attached hydrogens (tertiary/aromatic N) is 2. The molecule has 0 unspecified atom stereocenters. The summed E-state index contributed by atoms with van der Waals surface area (Å²) < 4.78 is 12.0. The summed E-state index contributed by atoms with van der Waals surface area (Å²) in [6, 6.07) is 16.9. The highest BCUT2D eigenvalue weighted by atomic mass is 16.5. The second-order valence-corrected chi connectivity index (χ2v) is 11.4. The highest BCUT2D eigenvalue weighted by Crippen LogP contribution is 2.49. The number of aliphatic carboxylic acids is 2. The highest BCUT2D eigenvalue weighted by Gasteiger charge is 2.32. The van der Waals surface area contributed by atoms with Gasteiger partial charge in [-0.3, -0.25) is 9.59 Å². The SMILES string of the molecule is N#Cc1c(C#N)c2c(c3c1CCc1cc(OCCCCCC(=O)O)ccc1-3)-c1ccc(OCCCCCC(=O)O)cc1CC2. The number of hydrogen-bond donors (Lipinski definition) is 2. The third kappa shape index (κ3) is 6.71. The van der Waals surface area contributed by atoms with Crippen LogP contribution in [-0.2, 0) is 35.3 Å². The van der Waals surface area contributed by atoms with Gasteiger partial charge in [0.15, 0.2) is 0 Å². The number of hydrogen-bond acceptors (Lipinski definition) is 6. The molecule has 226 valence electrons. The molecule has 3 aromatic rings. The lowest BCUT2D eigenvalue weighted by Crippen LogP contribution is -2.16. The quantitative estimate of drug-likeness (QED) is 0.191. The van der Waals surface area contributed by atoms with Crippen molar-refractivity contribution >= 4 is 11.9 Å². The number of ether oxygens (including phenoxy) is 2. The molecule has 3 aromatic carbocycles. The molecular formula is C36H36N2O6. The Morgan fingerprint density at radius 3 is 1.45 bits per heavy atom. The van der Waals surface area contributed by atoms with Crippen LogP contribution in [-0.4, -0.2) is 35.4 Å². The van der Waals surface area contributed by atoms with Crippen LogP contribution in [0.2, 0.25) is 0 Å². The molecule has 0 spiro atoms. The zero-order chi connectivity index (χ0) is 31.1. The average molecular weight is 593 g/mol. The molecule has 8 nitrogen and oxygen atoms in total. The second-order valence-electron chi connectivity index (χ2n) is 11.4. The van der Waals surface area contributed by atoms with Crippen LogP contribution < -0.4 is 9.47 Å². The number of nitriles is 2. The van der Waals surface area contributed by atoms with Gasteiger partial charge in [-0.05, 0) is 133 Å². The number of rotatable bonds is 14. The molecule has 0 saturated heterocycles. The first-order chi connectivity index (χ1) is 21.4. The molecular weight excluding hydrogens is 556 g/mol. The van der Waals surface area contributed by atoms with Gasteiger partial charge in [-0.1, -0.05) is 12.1 Å². The Labute approximate surface area is 257 Å². The van der Waals surface area contributed by atoms with Crippen LogP contribution in [0, 0.1) is 22.7 Å². The van der Waals surface area contributed by atoms with Crippen molar-refractivity contribution in [2.45, 2.75) is 77.0 Å².